The van der Waals surface area contributed by atoms with Crippen LogP contribution in [0.25, 0.3) is 0 Å². The minimum atomic E-state index is -0.484. The van der Waals surface area contributed by atoms with Crippen LogP contribution in [0.1, 0.15) is 19.8 Å². The molecule has 0 spiro atoms. The van der Waals surface area contributed by atoms with Gasteiger partial charge < -0.3 is 19.5 Å². The summed E-state index contributed by atoms with van der Waals surface area (Å²) in [7, 11) is 1.62. The number of para-hydroxylation sites is 2. The summed E-state index contributed by atoms with van der Waals surface area (Å²) in [6.07, 6.45) is 2.04. The van der Waals surface area contributed by atoms with Gasteiger partial charge in [-0.3, -0.25) is 4.90 Å². The molecule has 1 atom stereocenters. The van der Waals surface area contributed by atoms with Crippen molar-refractivity contribution in [2.45, 2.75) is 25.9 Å². The largest absolute Gasteiger partial charge is 0.493 e. The summed E-state index contributed by atoms with van der Waals surface area (Å²) in [4.78, 5) is 4.83. The van der Waals surface area contributed by atoms with Crippen LogP contribution in [0.3, 0.4) is 0 Å². The lowest BCUT2D eigenvalue weighted by molar-refractivity contribution is 0.0453. The highest BCUT2D eigenvalue weighted by atomic mass is 16.5. The first kappa shape index (κ1) is 18.0. The Balaban J connectivity index is 1.68. The zero-order valence-electron chi connectivity index (χ0n) is 14.4. The van der Waals surface area contributed by atoms with Crippen LogP contribution in [0.5, 0.6) is 11.5 Å². The fraction of sp³-hybridized carbons (Fsp3) is 0.667. The zero-order valence-corrected chi connectivity index (χ0v) is 14.4. The second kappa shape index (κ2) is 9.75. The van der Waals surface area contributed by atoms with E-state index < -0.39 is 6.10 Å². The van der Waals surface area contributed by atoms with Gasteiger partial charge in [0.1, 0.15) is 12.7 Å². The number of hydrogen-bond acceptors (Lipinski definition) is 5. The Bertz CT molecular complexity index is 448. The first-order valence-corrected chi connectivity index (χ1v) is 8.61. The maximum absolute atomic E-state index is 10.2. The molecule has 1 aromatic carbocycles. The number of β-amino-alcohol motifs (C(OH)–C–C–N with tert-alkyl or cyclic N) is 1. The molecule has 1 aromatic rings. The van der Waals surface area contributed by atoms with E-state index in [0.29, 0.717) is 18.0 Å². The molecule has 0 aliphatic carbocycles. The van der Waals surface area contributed by atoms with Crippen LogP contribution in [0, 0.1) is 0 Å². The number of hydrogen-bond donors (Lipinski definition) is 1. The van der Waals surface area contributed by atoms with Crippen LogP contribution in [0.15, 0.2) is 24.3 Å². The molecule has 0 amide bonds. The standard InChI is InChI=1S/C18H30N2O3/c1-3-4-9-19-10-12-20(13-11-19)14-16(21)15-23-18-8-6-5-7-17(18)22-2/h5-8,16,21H,3-4,9-15H2,1-2H3. The van der Waals surface area contributed by atoms with Gasteiger partial charge in [0, 0.05) is 32.7 Å². The summed E-state index contributed by atoms with van der Waals surface area (Å²) in [5, 5.41) is 10.2. The molecule has 0 radical (unpaired) electrons. The van der Waals surface area contributed by atoms with Crippen molar-refractivity contribution in [2.24, 2.45) is 0 Å². The highest BCUT2D eigenvalue weighted by molar-refractivity contribution is 5.39. The first-order valence-electron chi connectivity index (χ1n) is 8.61. The Kier molecular flexibility index (Phi) is 7.65. The summed E-state index contributed by atoms with van der Waals surface area (Å²) in [5.74, 6) is 1.38. The predicted molar refractivity (Wildman–Crippen MR) is 92.3 cm³/mol. The second-order valence-electron chi connectivity index (χ2n) is 6.11. The van der Waals surface area contributed by atoms with E-state index in [1.807, 2.05) is 24.3 Å². The van der Waals surface area contributed by atoms with Gasteiger partial charge in [0.2, 0.25) is 0 Å². The van der Waals surface area contributed by atoms with Crippen molar-refractivity contribution in [2.75, 3.05) is 53.0 Å². The van der Waals surface area contributed by atoms with Crippen LogP contribution in [0.4, 0.5) is 0 Å². The minimum Gasteiger partial charge on any atom is -0.493 e. The number of nitrogens with zero attached hydrogens (tertiary/aromatic N) is 2. The lowest BCUT2D eigenvalue weighted by Crippen LogP contribution is -2.49. The lowest BCUT2D eigenvalue weighted by Gasteiger charge is -2.35. The van der Waals surface area contributed by atoms with Gasteiger partial charge in [-0.2, -0.15) is 0 Å². The summed E-state index contributed by atoms with van der Waals surface area (Å²) < 4.78 is 10.9. The minimum absolute atomic E-state index is 0.288. The quantitative estimate of drug-likeness (QED) is 0.752. The normalized spacial score (nSPS) is 17.9. The van der Waals surface area contributed by atoms with Crippen molar-refractivity contribution in [3.63, 3.8) is 0 Å². The number of methoxy groups -OCH3 is 1. The van der Waals surface area contributed by atoms with Crippen molar-refractivity contribution >= 4 is 0 Å². The third kappa shape index (κ3) is 6.01. The van der Waals surface area contributed by atoms with E-state index in [0.717, 1.165) is 26.2 Å². The summed E-state index contributed by atoms with van der Waals surface area (Å²) in [5.41, 5.74) is 0. The molecule has 1 N–H and O–H groups in total. The number of piperazine rings is 1. The van der Waals surface area contributed by atoms with Crippen molar-refractivity contribution in [1.29, 1.82) is 0 Å². The number of aliphatic hydroxyl groups excluding tert-OH is 1. The van der Waals surface area contributed by atoms with Gasteiger partial charge in [-0.15, -0.1) is 0 Å². The predicted octanol–water partition coefficient (Wildman–Crippen LogP) is 1.85. The Hall–Kier alpha value is -1.30. The number of ether oxygens (including phenoxy) is 2. The average molecular weight is 322 g/mol. The van der Waals surface area contributed by atoms with Gasteiger partial charge >= 0.3 is 0 Å². The molecule has 5 heteroatoms. The average Bonchev–Trinajstić information content (AvgIpc) is 2.59. The molecular formula is C18H30N2O3. The third-order valence-corrected chi connectivity index (χ3v) is 4.26. The molecule has 1 saturated heterocycles. The first-order chi connectivity index (χ1) is 11.2. The maximum Gasteiger partial charge on any atom is 0.161 e. The van der Waals surface area contributed by atoms with Gasteiger partial charge in [-0.05, 0) is 25.1 Å². The molecule has 1 aliphatic rings. The maximum atomic E-state index is 10.2. The van der Waals surface area contributed by atoms with E-state index in [4.69, 9.17) is 9.47 Å². The molecule has 2 rings (SSSR count). The van der Waals surface area contributed by atoms with Crippen molar-refractivity contribution < 1.29 is 14.6 Å². The summed E-state index contributed by atoms with van der Waals surface area (Å²) >= 11 is 0. The monoisotopic (exact) mass is 322 g/mol. The zero-order chi connectivity index (χ0) is 16.5. The number of rotatable bonds is 9. The van der Waals surface area contributed by atoms with Crippen molar-refractivity contribution in [1.82, 2.24) is 9.80 Å². The molecular weight excluding hydrogens is 292 g/mol. The van der Waals surface area contributed by atoms with E-state index in [-0.39, 0.29) is 6.61 Å². The highest BCUT2D eigenvalue weighted by Crippen LogP contribution is 2.25. The number of benzene rings is 1. The Morgan fingerprint density at radius 1 is 1.09 bits per heavy atom. The van der Waals surface area contributed by atoms with E-state index in [1.165, 1.54) is 19.4 Å². The smallest absolute Gasteiger partial charge is 0.161 e. The molecule has 0 saturated carbocycles. The lowest BCUT2D eigenvalue weighted by atomic mass is 10.2. The Morgan fingerprint density at radius 2 is 1.74 bits per heavy atom. The topological polar surface area (TPSA) is 45.2 Å². The van der Waals surface area contributed by atoms with Gasteiger partial charge in [0.05, 0.1) is 7.11 Å². The van der Waals surface area contributed by atoms with E-state index >= 15 is 0 Å². The van der Waals surface area contributed by atoms with Crippen molar-refractivity contribution in [3.05, 3.63) is 24.3 Å². The molecule has 1 aliphatic heterocycles. The van der Waals surface area contributed by atoms with Crippen LogP contribution in [-0.4, -0.2) is 74.0 Å². The van der Waals surface area contributed by atoms with E-state index in [2.05, 4.69) is 16.7 Å². The molecule has 5 nitrogen and oxygen atoms in total. The van der Waals surface area contributed by atoms with E-state index in [9.17, 15) is 5.11 Å². The number of unbranched alkanes of at least 4 members (excludes halogenated alkanes) is 1. The summed E-state index contributed by atoms with van der Waals surface area (Å²) in [6, 6.07) is 7.52. The molecule has 0 aromatic heterocycles. The molecule has 1 fully saturated rings. The van der Waals surface area contributed by atoms with Crippen LogP contribution >= 0.6 is 0 Å². The van der Waals surface area contributed by atoms with Gasteiger partial charge in [-0.1, -0.05) is 25.5 Å². The van der Waals surface area contributed by atoms with Crippen LogP contribution < -0.4 is 9.47 Å². The Morgan fingerprint density at radius 3 is 2.39 bits per heavy atom. The van der Waals surface area contributed by atoms with Crippen LogP contribution in [0.2, 0.25) is 0 Å². The molecule has 1 heterocycles. The molecule has 0 bridgehead atoms. The highest BCUT2D eigenvalue weighted by Gasteiger charge is 2.19. The van der Waals surface area contributed by atoms with Gasteiger partial charge in [0.25, 0.3) is 0 Å². The summed E-state index contributed by atoms with van der Waals surface area (Å²) in [6.45, 7) is 8.62. The number of aliphatic hydroxyl groups is 1. The van der Waals surface area contributed by atoms with Gasteiger partial charge in [0.15, 0.2) is 11.5 Å². The fourth-order valence-electron chi connectivity index (χ4n) is 2.85. The molecule has 23 heavy (non-hydrogen) atoms. The van der Waals surface area contributed by atoms with Crippen LogP contribution in [-0.2, 0) is 0 Å². The van der Waals surface area contributed by atoms with Gasteiger partial charge in [-0.25, -0.2) is 0 Å². The molecule has 1 unspecified atom stereocenters. The van der Waals surface area contributed by atoms with Crippen molar-refractivity contribution in [3.8, 4) is 11.5 Å². The third-order valence-electron chi connectivity index (χ3n) is 4.26. The molecule has 130 valence electrons. The second-order valence-corrected chi connectivity index (χ2v) is 6.11. The fourth-order valence-corrected chi connectivity index (χ4v) is 2.85. The van der Waals surface area contributed by atoms with E-state index in [1.54, 1.807) is 7.11 Å². The SMILES string of the molecule is CCCCN1CCN(CC(O)COc2ccccc2OC)CC1. The Labute approximate surface area is 139 Å².